The molecule has 6 nitrogen and oxygen atoms in total. The van der Waals surface area contributed by atoms with Gasteiger partial charge in [-0.3, -0.25) is 4.79 Å². The van der Waals surface area contributed by atoms with E-state index in [9.17, 15) is 22.6 Å². The van der Waals surface area contributed by atoms with E-state index in [1.807, 2.05) is 0 Å². The molecule has 0 rings (SSSR count). The van der Waals surface area contributed by atoms with Gasteiger partial charge in [-0.15, -0.1) is 0 Å². The minimum atomic E-state index is -4.28. The normalized spacial score (nSPS) is 11.0. The highest BCUT2D eigenvalue weighted by Crippen LogP contribution is 1.89. The maximum Gasteiger partial charge on any atom is 0.220 e. The highest BCUT2D eigenvalue weighted by molar-refractivity contribution is 7.85. The lowest BCUT2D eigenvalue weighted by molar-refractivity contribution is -0.124. The molecule has 0 spiro atoms. The SMILES string of the molecule is CC(=O)CCC(=O)NCCS(=O)(=O)[O-]. The van der Waals surface area contributed by atoms with E-state index in [1.54, 1.807) is 0 Å². The van der Waals surface area contributed by atoms with Gasteiger partial charge in [-0.2, -0.15) is 0 Å². The predicted molar refractivity (Wildman–Crippen MR) is 47.5 cm³/mol. The average Bonchev–Trinajstić information content (AvgIpc) is 1.98. The van der Waals surface area contributed by atoms with Gasteiger partial charge in [-0.25, -0.2) is 8.42 Å². The van der Waals surface area contributed by atoms with E-state index in [1.165, 1.54) is 6.92 Å². The molecule has 0 saturated heterocycles. The Labute approximate surface area is 82.4 Å². The highest BCUT2D eigenvalue weighted by atomic mass is 32.2. The molecule has 14 heavy (non-hydrogen) atoms. The molecule has 1 amide bonds. The van der Waals surface area contributed by atoms with Crippen molar-refractivity contribution in [2.24, 2.45) is 0 Å². The standard InChI is InChI=1S/C7H13NO5S/c1-6(9)2-3-7(10)8-4-5-14(11,12)13/h2-5H2,1H3,(H,8,10)(H,11,12,13)/p-1. The summed E-state index contributed by atoms with van der Waals surface area (Å²) in [6, 6.07) is 0. The van der Waals surface area contributed by atoms with E-state index in [4.69, 9.17) is 0 Å². The summed E-state index contributed by atoms with van der Waals surface area (Å²) in [5.41, 5.74) is 0. The van der Waals surface area contributed by atoms with E-state index in [0.717, 1.165) is 0 Å². The fourth-order valence-corrected chi connectivity index (χ4v) is 1.05. The fourth-order valence-electron chi connectivity index (χ4n) is 0.693. The van der Waals surface area contributed by atoms with Crippen molar-refractivity contribution in [3.05, 3.63) is 0 Å². The minimum Gasteiger partial charge on any atom is -0.748 e. The molecule has 82 valence electrons. The second kappa shape index (κ2) is 5.71. The van der Waals surface area contributed by atoms with Crippen molar-refractivity contribution in [1.82, 2.24) is 5.32 Å². The molecule has 0 saturated carbocycles. The highest BCUT2D eigenvalue weighted by Gasteiger charge is 2.03. The Morgan fingerprint density at radius 3 is 2.29 bits per heavy atom. The van der Waals surface area contributed by atoms with E-state index < -0.39 is 21.8 Å². The number of rotatable bonds is 6. The van der Waals surface area contributed by atoms with Crippen LogP contribution in [-0.2, 0) is 19.7 Å². The Bertz CT molecular complexity index is 308. The first-order valence-corrected chi connectivity index (χ1v) is 5.58. The maximum absolute atomic E-state index is 10.9. The number of carbonyl (C=O) groups excluding carboxylic acids is 2. The molecule has 0 aromatic carbocycles. The monoisotopic (exact) mass is 222 g/mol. The molecule has 0 aliphatic rings. The van der Waals surface area contributed by atoms with Gasteiger partial charge in [0.15, 0.2) is 0 Å². The van der Waals surface area contributed by atoms with E-state index in [-0.39, 0.29) is 25.2 Å². The van der Waals surface area contributed by atoms with Gasteiger partial charge >= 0.3 is 0 Å². The van der Waals surface area contributed by atoms with Gasteiger partial charge in [-0.1, -0.05) is 0 Å². The van der Waals surface area contributed by atoms with Crippen molar-refractivity contribution < 1.29 is 22.6 Å². The first-order chi connectivity index (χ1) is 6.31. The Kier molecular flexibility index (Phi) is 5.32. The third-order valence-electron chi connectivity index (χ3n) is 1.38. The van der Waals surface area contributed by atoms with Gasteiger partial charge in [0.2, 0.25) is 5.91 Å². The lowest BCUT2D eigenvalue weighted by Crippen LogP contribution is -2.29. The number of hydrogen-bond donors (Lipinski definition) is 1. The molecular formula is C7H12NO5S-. The Hall–Kier alpha value is -0.950. The Balaban J connectivity index is 3.60. The van der Waals surface area contributed by atoms with Crippen molar-refractivity contribution in [1.29, 1.82) is 0 Å². The first kappa shape index (κ1) is 13.1. The van der Waals surface area contributed by atoms with Crippen LogP contribution in [0.3, 0.4) is 0 Å². The van der Waals surface area contributed by atoms with Crippen LogP contribution in [0.5, 0.6) is 0 Å². The molecule has 0 aliphatic heterocycles. The second-order valence-corrected chi connectivity index (χ2v) is 4.34. The smallest absolute Gasteiger partial charge is 0.220 e. The van der Waals surface area contributed by atoms with Crippen LogP contribution in [0, 0.1) is 0 Å². The number of carbonyl (C=O) groups is 2. The minimum absolute atomic E-state index is 0.0221. The van der Waals surface area contributed by atoms with Crippen LogP contribution in [0.15, 0.2) is 0 Å². The van der Waals surface area contributed by atoms with Crippen molar-refractivity contribution in [3.63, 3.8) is 0 Å². The van der Waals surface area contributed by atoms with Gasteiger partial charge in [0.1, 0.15) is 5.78 Å². The molecule has 0 aromatic rings. The molecule has 0 aromatic heterocycles. The molecule has 0 atom stereocenters. The Morgan fingerprint density at radius 2 is 1.86 bits per heavy atom. The largest absolute Gasteiger partial charge is 0.748 e. The predicted octanol–water partition coefficient (Wildman–Crippen LogP) is -0.983. The fraction of sp³-hybridized carbons (Fsp3) is 0.714. The van der Waals surface area contributed by atoms with Crippen LogP contribution in [-0.4, -0.2) is 37.0 Å². The summed E-state index contributed by atoms with van der Waals surface area (Å²) in [4.78, 5) is 21.3. The molecule has 0 bridgehead atoms. The summed E-state index contributed by atoms with van der Waals surface area (Å²) in [7, 11) is -4.28. The van der Waals surface area contributed by atoms with Crippen molar-refractivity contribution in [3.8, 4) is 0 Å². The molecule has 0 radical (unpaired) electrons. The molecule has 7 heteroatoms. The molecule has 0 fully saturated rings. The number of hydrogen-bond acceptors (Lipinski definition) is 5. The summed E-state index contributed by atoms with van der Waals surface area (Å²) >= 11 is 0. The topological polar surface area (TPSA) is 103 Å². The van der Waals surface area contributed by atoms with Gasteiger partial charge in [0, 0.05) is 19.4 Å². The number of nitrogens with one attached hydrogen (secondary N) is 1. The first-order valence-electron chi connectivity index (χ1n) is 4.01. The van der Waals surface area contributed by atoms with Gasteiger partial charge in [0.25, 0.3) is 0 Å². The van der Waals surface area contributed by atoms with E-state index in [2.05, 4.69) is 5.32 Å². The van der Waals surface area contributed by atoms with Crippen LogP contribution < -0.4 is 5.32 Å². The molecular weight excluding hydrogens is 210 g/mol. The number of amides is 1. The van der Waals surface area contributed by atoms with Gasteiger partial charge in [-0.05, 0) is 6.92 Å². The zero-order chi connectivity index (χ0) is 11.2. The summed E-state index contributed by atoms with van der Waals surface area (Å²) in [6.07, 6.45) is 0.143. The summed E-state index contributed by atoms with van der Waals surface area (Å²) in [5.74, 6) is -1.17. The third-order valence-corrected chi connectivity index (χ3v) is 2.08. The molecule has 0 heterocycles. The van der Waals surface area contributed by atoms with Crippen LogP contribution in [0.1, 0.15) is 19.8 Å². The van der Waals surface area contributed by atoms with E-state index in [0.29, 0.717) is 0 Å². The lowest BCUT2D eigenvalue weighted by Gasteiger charge is -2.07. The van der Waals surface area contributed by atoms with Crippen molar-refractivity contribution in [2.75, 3.05) is 12.3 Å². The zero-order valence-corrected chi connectivity index (χ0v) is 8.59. The molecule has 0 aliphatic carbocycles. The summed E-state index contributed by atoms with van der Waals surface area (Å²) < 4.78 is 30.4. The van der Waals surface area contributed by atoms with E-state index >= 15 is 0 Å². The lowest BCUT2D eigenvalue weighted by atomic mass is 10.2. The zero-order valence-electron chi connectivity index (χ0n) is 7.78. The van der Waals surface area contributed by atoms with Crippen molar-refractivity contribution in [2.45, 2.75) is 19.8 Å². The van der Waals surface area contributed by atoms with Crippen LogP contribution in [0.2, 0.25) is 0 Å². The number of Topliss-reactive ketones (excluding diaryl/α,β-unsaturated/α-hetero) is 1. The van der Waals surface area contributed by atoms with Gasteiger partial charge < -0.3 is 14.7 Å². The summed E-state index contributed by atoms with van der Waals surface area (Å²) in [5, 5.41) is 2.22. The second-order valence-electron chi connectivity index (χ2n) is 2.81. The molecule has 1 N–H and O–H groups in total. The third kappa shape index (κ3) is 9.14. The number of ketones is 1. The van der Waals surface area contributed by atoms with Crippen LogP contribution >= 0.6 is 0 Å². The summed E-state index contributed by atoms with van der Waals surface area (Å²) in [6.45, 7) is 1.15. The average molecular weight is 222 g/mol. The molecule has 0 unspecified atom stereocenters. The van der Waals surface area contributed by atoms with Crippen LogP contribution in [0.4, 0.5) is 0 Å². The quantitative estimate of drug-likeness (QED) is 0.581. The Morgan fingerprint density at radius 1 is 1.29 bits per heavy atom. The van der Waals surface area contributed by atoms with Gasteiger partial charge in [0.05, 0.1) is 15.9 Å². The van der Waals surface area contributed by atoms with Crippen molar-refractivity contribution >= 4 is 21.8 Å². The maximum atomic E-state index is 10.9. The van der Waals surface area contributed by atoms with Crippen LogP contribution in [0.25, 0.3) is 0 Å².